The van der Waals surface area contributed by atoms with E-state index in [1.165, 1.54) is 5.56 Å². The summed E-state index contributed by atoms with van der Waals surface area (Å²) in [6.07, 6.45) is 2.59. The average Bonchev–Trinajstić information content (AvgIpc) is 2.84. The Kier molecular flexibility index (Phi) is 4.52. The van der Waals surface area contributed by atoms with Gasteiger partial charge in [0, 0.05) is 26.1 Å². The predicted octanol–water partition coefficient (Wildman–Crippen LogP) is 1.72. The van der Waals surface area contributed by atoms with Crippen LogP contribution in [0, 0.1) is 0 Å². The fourth-order valence-electron chi connectivity index (χ4n) is 1.96. The molecule has 2 aromatic rings. The molecule has 1 N–H and O–H groups in total. The van der Waals surface area contributed by atoms with Crippen LogP contribution in [0.4, 0.5) is 0 Å². The highest BCUT2D eigenvalue weighted by Gasteiger charge is 2.06. The minimum Gasteiger partial charge on any atom is -0.497 e. The Labute approximate surface area is 113 Å². The number of hydrogen-bond acceptors (Lipinski definition) is 4. The van der Waals surface area contributed by atoms with Crippen molar-refractivity contribution in [3.05, 3.63) is 42.0 Å². The van der Waals surface area contributed by atoms with E-state index in [0.29, 0.717) is 0 Å². The molecule has 0 fully saturated rings. The van der Waals surface area contributed by atoms with E-state index in [0.717, 1.165) is 24.5 Å². The molecule has 102 valence electrons. The van der Waals surface area contributed by atoms with Gasteiger partial charge in [0.05, 0.1) is 7.11 Å². The number of ether oxygens (including phenoxy) is 1. The Bertz CT molecular complexity index is 524. The van der Waals surface area contributed by atoms with Gasteiger partial charge in [0.1, 0.15) is 17.9 Å². The van der Waals surface area contributed by atoms with Crippen molar-refractivity contribution >= 4 is 0 Å². The SMILES string of the molecule is COc1cccc(C(C)NCCc2nncn2C)c1. The number of methoxy groups -OCH3 is 1. The average molecular weight is 260 g/mol. The van der Waals surface area contributed by atoms with Crippen LogP contribution in [0.2, 0.25) is 0 Å². The standard InChI is InChI=1S/C14H20N4O/c1-11(12-5-4-6-13(9-12)19-3)15-8-7-14-17-16-10-18(14)2/h4-6,9-11,15H,7-8H2,1-3H3. The van der Waals surface area contributed by atoms with Crippen LogP contribution in [0.1, 0.15) is 24.4 Å². The van der Waals surface area contributed by atoms with E-state index in [9.17, 15) is 0 Å². The molecule has 1 aromatic carbocycles. The molecule has 0 amide bonds. The highest BCUT2D eigenvalue weighted by atomic mass is 16.5. The lowest BCUT2D eigenvalue weighted by Crippen LogP contribution is -2.22. The molecule has 0 saturated heterocycles. The van der Waals surface area contributed by atoms with Crippen LogP contribution < -0.4 is 10.1 Å². The number of aryl methyl sites for hydroxylation is 1. The van der Waals surface area contributed by atoms with E-state index >= 15 is 0 Å². The predicted molar refractivity (Wildman–Crippen MR) is 74.1 cm³/mol. The van der Waals surface area contributed by atoms with Gasteiger partial charge in [-0.15, -0.1) is 10.2 Å². The van der Waals surface area contributed by atoms with Crippen LogP contribution >= 0.6 is 0 Å². The van der Waals surface area contributed by atoms with Gasteiger partial charge < -0.3 is 14.6 Å². The molecular formula is C14H20N4O. The van der Waals surface area contributed by atoms with Crippen molar-refractivity contribution < 1.29 is 4.74 Å². The second kappa shape index (κ2) is 6.33. The largest absolute Gasteiger partial charge is 0.497 e. The van der Waals surface area contributed by atoms with E-state index in [-0.39, 0.29) is 6.04 Å². The third kappa shape index (κ3) is 3.54. The van der Waals surface area contributed by atoms with Crippen LogP contribution in [0.5, 0.6) is 5.75 Å². The van der Waals surface area contributed by atoms with Crippen LogP contribution in [0.25, 0.3) is 0 Å². The summed E-state index contributed by atoms with van der Waals surface area (Å²) < 4.78 is 7.18. The molecule has 0 aliphatic rings. The minimum atomic E-state index is 0.281. The maximum Gasteiger partial charge on any atom is 0.133 e. The molecule has 0 aliphatic carbocycles. The summed E-state index contributed by atoms with van der Waals surface area (Å²) >= 11 is 0. The second-order valence-corrected chi connectivity index (χ2v) is 4.56. The van der Waals surface area contributed by atoms with Gasteiger partial charge in [-0.3, -0.25) is 0 Å². The number of benzene rings is 1. The molecule has 5 heteroatoms. The normalized spacial score (nSPS) is 12.4. The summed E-state index contributed by atoms with van der Waals surface area (Å²) in [4.78, 5) is 0. The zero-order chi connectivity index (χ0) is 13.7. The number of nitrogens with zero attached hydrogens (tertiary/aromatic N) is 3. The molecule has 0 aliphatic heterocycles. The maximum absolute atomic E-state index is 5.23. The lowest BCUT2D eigenvalue weighted by Gasteiger charge is -2.14. The monoisotopic (exact) mass is 260 g/mol. The van der Waals surface area contributed by atoms with E-state index in [1.807, 2.05) is 23.7 Å². The first kappa shape index (κ1) is 13.5. The lowest BCUT2D eigenvalue weighted by molar-refractivity contribution is 0.413. The first-order valence-corrected chi connectivity index (χ1v) is 6.41. The Hall–Kier alpha value is -1.88. The van der Waals surface area contributed by atoms with Crippen molar-refractivity contribution in [1.29, 1.82) is 0 Å². The lowest BCUT2D eigenvalue weighted by atomic mass is 10.1. The van der Waals surface area contributed by atoms with Crippen molar-refractivity contribution in [2.24, 2.45) is 7.05 Å². The number of rotatable bonds is 6. The highest BCUT2D eigenvalue weighted by Crippen LogP contribution is 2.18. The van der Waals surface area contributed by atoms with Crippen LogP contribution in [0.3, 0.4) is 0 Å². The van der Waals surface area contributed by atoms with Crippen molar-refractivity contribution in [3.8, 4) is 5.75 Å². The fraction of sp³-hybridized carbons (Fsp3) is 0.429. The summed E-state index contributed by atoms with van der Waals surface area (Å²) in [7, 11) is 3.64. The Morgan fingerprint density at radius 1 is 1.42 bits per heavy atom. The van der Waals surface area contributed by atoms with Gasteiger partial charge in [-0.1, -0.05) is 12.1 Å². The van der Waals surface area contributed by atoms with Gasteiger partial charge in [0.25, 0.3) is 0 Å². The Balaban J connectivity index is 1.87. The molecule has 19 heavy (non-hydrogen) atoms. The number of hydrogen-bond donors (Lipinski definition) is 1. The molecule has 0 radical (unpaired) electrons. The first-order valence-electron chi connectivity index (χ1n) is 6.41. The van der Waals surface area contributed by atoms with Gasteiger partial charge in [0.2, 0.25) is 0 Å². The number of aromatic nitrogens is 3. The molecule has 0 saturated carbocycles. The van der Waals surface area contributed by atoms with Crippen molar-refractivity contribution in [3.63, 3.8) is 0 Å². The molecule has 1 aromatic heterocycles. The zero-order valence-electron chi connectivity index (χ0n) is 11.6. The summed E-state index contributed by atoms with van der Waals surface area (Å²) in [5.74, 6) is 1.88. The van der Waals surface area contributed by atoms with Crippen molar-refractivity contribution in [1.82, 2.24) is 20.1 Å². The smallest absolute Gasteiger partial charge is 0.133 e. The molecule has 5 nitrogen and oxygen atoms in total. The summed E-state index contributed by atoms with van der Waals surface area (Å²) in [6.45, 7) is 3.01. The van der Waals surface area contributed by atoms with Gasteiger partial charge in [-0.2, -0.15) is 0 Å². The molecule has 0 bridgehead atoms. The topological polar surface area (TPSA) is 52.0 Å². The highest BCUT2D eigenvalue weighted by molar-refractivity contribution is 5.30. The Morgan fingerprint density at radius 3 is 2.95 bits per heavy atom. The molecule has 0 spiro atoms. The minimum absolute atomic E-state index is 0.281. The van der Waals surface area contributed by atoms with Gasteiger partial charge in [-0.25, -0.2) is 0 Å². The number of nitrogens with one attached hydrogen (secondary N) is 1. The third-order valence-corrected chi connectivity index (χ3v) is 3.20. The van der Waals surface area contributed by atoms with Crippen molar-refractivity contribution in [2.45, 2.75) is 19.4 Å². The quantitative estimate of drug-likeness (QED) is 0.859. The third-order valence-electron chi connectivity index (χ3n) is 3.20. The summed E-state index contributed by atoms with van der Waals surface area (Å²) in [5, 5.41) is 11.4. The van der Waals surface area contributed by atoms with E-state index in [1.54, 1.807) is 13.4 Å². The van der Waals surface area contributed by atoms with Gasteiger partial charge in [-0.05, 0) is 24.6 Å². The summed E-state index contributed by atoms with van der Waals surface area (Å²) in [6, 6.07) is 8.40. The zero-order valence-corrected chi connectivity index (χ0v) is 11.6. The van der Waals surface area contributed by atoms with Gasteiger partial charge in [0.15, 0.2) is 0 Å². The molecule has 1 atom stereocenters. The Morgan fingerprint density at radius 2 is 2.26 bits per heavy atom. The van der Waals surface area contributed by atoms with Crippen molar-refractivity contribution in [2.75, 3.05) is 13.7 Å². The molecule has 1 heterocycles. The summed E-state index contributed by atoms with van der Waals surface area (Å²) in [5.41, 5.74) is 1.22. The molecule has 1 unspecified atom stereocenters. The van der Waals surface area contributed by atoms with Crippen LogP contribution in [-0.2, 0) is 13.5 Å². The van der Waals surface area contributed by atoms with Gasteiger partial charge >= 0.3 is 0 Å². The molecule has 2 rings (SSSR count). The van der Waals surface area contributed by atoms with E-state index in [2.05, 4.69) is 34.6 Å². The first-order chi connectivity index (χ1) is 9.20. The maximum atomic E-state index is 5.23. The molecular weight excluding hydrogens is 240 g/mol. The van der Waals surface area contributed by atoms with E-state index in [4.69, 9.17) is 4.74 Å². The van der Waals surface area contributed by atoms with Crippen LogP contribution in [-0.4, -0.2) is 28.4 Å². The fourth-order valence-corrected chi connectivity index (χ4v) is 1.96. The van der Waals surface area contributed by atoms with Crippen LogP contribution in [0.15, 0.2) is 30.6 Å². The second-order valence-electron chi connectivity index (χ2n) is 4.56. The van der Waals surface area contributed by atoms with E-state index < -0.39 is 0 Å².